The highest BCUT2D eigenvalue weighted by atomic mass is 16.5. The number of carbonyl (C=O) groups is 1. The Morgan fingerprint density at radius 2 is 1.48 bits per heavy atom. The smallest absolute Gasteiger partial charge is 0.260 e. The number of para-hydroxylation sites is 1. The number of hydrogen-bond donors (Lipinski definition) is 1. The molecule has 0 saturated carbocycles. The molecule has 0 fully saturated rings. The normalized spacial score (nSPS) is 10.4. The molecule has 3 aromatic rings. The van der Waals surface area contributed by atoms with Gasteiger partial charge in [0.25, 0.3) is 5.91 Å². The number of nitrogens with zero attached hydrogens (tertiary/aromatic N) is 1. The number of hydrogen-bond acceptors (Lipinski definition) is 3. The molecule has 1 N–H and O–H groups in total. The van der Waals surface area contributed by atoms with Crippen molar-refractivity contribution in [2.24, 2.45) is 0 Å². The number of benzene rings is 3. The van der Waals surface area contributed by atoms with Gasteiger partial charge >= 0.3 is 0 Å². The maximum atomic E-state index is 12.6. The van der Waals surface area contributed by atoms with E-state index in [0.29, 0.717) is 12.3 Å². The third-order valence-electron chi connectivity index (χ3n) is 4.26. The molecular weight excluding hydrogens is 338 g/mol. The van der Waals surface area contributed by atoms with Gasteiger partial charge in [-0.2, -0.15) is 0 Å². The van der Waals surface area contributed by atoms with E-state index in [2.05, 4.69) is 0 Å². The van der Waals surface area contributed by atoms with Gasteiger partial charge in [0.05, 0.1) is 6.61 Å². The van der Waals surface area contributed by atoms with Gasteiger partial charge in [0.1, 0.15) is 5.75 Å². The van der Waals surface area contributed by atoms with Crippen LogP contribution in [0.3, 0.4) is 0 Å². The van der Waals surface area contributed by atoms with Gasteiger partial charge in [0.15, 0.2) is 6.61 Å². The summed E-state index contributed by atoms with van der Waals surface area (Å²) in [6, 6.07) is 27.3. The summed E-state index contributed by atoms with van der Waals surface area (Å²) in [5.74, 6) is 0.511. The first-order valence-electron chi connectivity index (χ1n) is 8.98. The summed E-state index contributed by atoms with van der Waals surface area (Å²) in [6.45, 7) is 0.567. The lowest BCUT2D eigenvalue weighted by molar-refractivity contribution is -0.134. The molecule has 4 nitrogen and oxygen atoms in total. The lowest BCUT2D eigenvalue weighted by atomic mass is 10.1. The number of amides is 1. The molecular formula is C23H23NO3. The molecule has 0 aliphatic heterocycles. The predicted molar refractivity (Wildman–Crippen MR) is 106 cm³/mol. The first-order chi connectivity index (χ1) is 13.3. The van der Waals surface area contributed by atoms with E-state index in [-0.39, 0.29) is 25.7 Å². The summed E-state index contributed by atoms with van der Waals surface area (Å²) in [5, 5.41) is 9.31. The van der Waals surface area contributed by atoms with Crippen molar-refractivity contribution in [3.8, 4) is 16.9 Å². The summed E-state index contributed by atoms with van der Waals surface area (Å²) in [6.07, 6.45) is 0. The highest BCUT2D eigenvalue weighted by Gasteiger charge is 2.15. The van der Waals surface area contributed by atoms with Gasteiger partial charge in [-0.25, -0.2) is 0 Å². The van der Waals surface area contributed by atoms with Crippen molar-refractivity contribution in [3.63, 3.8) is 0 Å². The Morgan fingerprint density at radius 1 is 0.852 bits per heavy atom. The van der Waals surface area contributed by atoms with Gasteiger partial charge < -0.3 is 14.7 Å². The van der Waals surface area contributed by atoms with E-state index in [1.54, 1.807) is 4.90 Å². The fraction of sp³-hybridized carbons (Fsp3) is 0.174. The van der Waals surface area contributed by atoms with E-state index in [9.17, 15) is 9.90 Å². The molecule has 0 saturated heterocycles. The Hall–Kier alpha value is -3.11. The maximum Gasteiger partial charge on any atom is 0.260 e. The minimum Gasteiger partial charge on any atom is -0.483 e. The van der Waals surface area contributed by atoms with Crippen LogP contribution < -0.4 is 4.74 Å². The van der Waals surface area contributed by atoms with Crippen molar-refractivity contribution in [2.75, 3.05) is 19.8 Å². The first kappa shape index (κ1) is 18.7. The number of ether oxygens (including phenoxy) is 1. The first-order valence-corrected chi connectivity index (χ1v) is 8.98. The largest absolute Gasteiger partial charge is 0.483 e. The van der Waals surface area contributed by atoms with Gasteiger partial charge in [0, 0.05) is 18.7 Å². The molecule has 0 spiro atoms. The van der Waals surface area contributed by atoms with E-state index < -0.39 is 0 Å². The van der Waals surface area contributed by atoms with Crippen molar-refractivity contribution in [2.45, 2.75) is 6.54 Å². The van der Waals surface area contributed by atoms with Crippen molar-refractivity contribution in [1.82, 2.24) is 4.90 Å². The van der Waals surface area contributed by atoms with Gasteiger partial charge in [-0.15, -0.1) is 0 Å². The second-order valence-electron chi connectivity index (χ2n) is 6.18. The molecule has 0 heterocycles. The van der Waals surface area contributed by atoms with E-state index in [4.69, 9.17) is 4.74 Å². The molecule has 138 valence electrons. The molecule has 27 heavy (non-hydrogen) atoms. The SMILES string of the molecule is O=C(COc1ccccc1-c1ccccc1)N(CCO)Cc1ccccc1. The third kappa shape index (κ3) is 5.19. The van der Waals surface area contributed by atoms with Crippen LogP contribution in [0.5, 0.6) is 5.75 Å². The van der Waals surface area contributed by atoms with Gasteiger partial charge in [-0.05, 0) is 17.2 Å². The minimum atomic E-state index is -0.157. The van der Waals surface area contributed by atoms with Crippen LogP contribution in [-0.4, -0.2) is 35.7 Å². The minimum absolute atomic E-state index is 0.0727. The van der Waals surface area contributed by atoms with E-state index >= 15 is 0 Å². The Bertz CT molecular complexity index is 850. The lowest BCUT2D eigenvalue weighted by Gasteiger charge is -2.22. The van der Waals surface area contributed by atoms with Crippen molar-refractivity contribution in [3.05, 3.63) is 90.5 Å². The van der Waals surface area contributed by atoms with E-state index in [0.717, 1.165) is 16.7 Å². The fourth-order valence-corrected chi connectivity index (χ4v) is 2.90. The molecule has 0 bridgehead atoms. The standard InChI is InChI=1S/C23H23NO3/c25-16-15-24(17-19-9-3-1-4-10-19)23(26)18-27-22-14-8-7-13-21(22)20-11-5-2-6-12-20/h1-14,25H,15-18H2. The Labute approximate surface area is 159 Å². The van der Waals surface area contributed by atoms with Gasteiger partial charge in [-0.3, -0.25) is 4.79 Å². The van der Waals surface area contributed by atoms with Gasteiger partial charge in [0.2, 0.25) is 0 Å². The number of aliphatic hydroxyl groups is 1. The van der Waals surface area contributed by atoms with Gasteiger partial charge in [-0.1, -0.05) is 78.9 Å². The van der Waals surface area contributed by atoms with E-state index in [1.807, 2.05) is 84.9 Å². The van der Waals surface area contributed by atoms with E-state index in [1.165, 1.54) is 0 Å². The molecule has 0 atom stereocenters. The van der Waals surface area contributed by atoms with Crippen LogP contribution in [0.4, 0.5) is 0 Å². The average molecular weight is 361 g/mol. The molecule has 0 aliphatic rings. The summed E-state index contributed by atoms with van der Waals surface area (Å²) in [7, 11) is 0. The van der Waals surface area contributed by atoms with Crippen molar-refractivity contribution < 1.29 is 14.6 Å². The molecule has 0 aliphatic carbocycles. The third-order valence-corrected chi connectivity index (χ3v) is 4.26. The number of carbonyl (C=O) groups excluding carboxylic acids is 1. The van der Waals surface area contributed by atoms with Crippen LogP contribution in [0.1, 0.15) is 5.56 Å². The van der Waals surface area contributed by atoms with Crippen LogP contribution in [0, 0.1) is 0 Å². The highest BCUT2D eigenvalue weighted by Crippen LogP contribution is 2.29. The zero-order valence-electron chi connectivity index (χ0n) is 15.1. The molecule has 0 aromatic heterocycles. The second kappa shape index (κ2) is 9.55. The van der Waals surface area contributed by atoms with Crippen LogP contribution in [-0.2, 0) is 11.3 Å². The average Bonchev–Trinajstić information content (AvgIpc) is 2.73. The van der Waals surface area contributed by atoms with Crippen LogP contribution in [0.2, 0.25) is 0 Å². The predicted octanol–water partition coefficient (Wildman–Crippen LogP) is 3.75. The van der Waals surface area contributed by atoms with Crippen LogP contribution >= 0.6 is 0 Å². The highest BCUT2D eigenvalue weighted by molar-refractivity contribution is 5.78. The summed E-state index contributed by atoms with van der Waals surface area (Å²) >= 11 is 0. The zero-order chi connectivity index (χ0) is 18.9. The molecule has 3 aromatic carbocycles. The summed E-state index contributed by atoms with van der Waals surface area (Å²) in [4.78, 5) is 14.3. The molecule has 0 unspecified atom stereocenters. The van der Waals surface area contributed by atoms with Crippen molar-refractivity contribution >= 4 is 5.91 Å². The quantitative estimate of drug-likeness (QED) is 0.665. The molecule has 1 amide bonds. The summed E-state index contributed by atoms with van der Waals surface area (Å²) in [5.41, 5.74) is 3.00. The molecule has 0 radical (unpaired) electrons. The Balaban J connectivity index is 1.69. The zero-order valence-corrected chi connectivity index (χ0v) is 15.1. The number of rotatable bonds is 8. The number of aliphatic hydroxyl groups excluding tert-OH is 1. The lowest BCUT2D eigenvalue weighted by Crippen LogP contribution is -2.36. The monoisotopic (exact) mass is 361 g/mol. The maximum absolute atomic E-state index is 12.6. The topological polar surface area (TPSA) is 49.8 Å². The fourth-order valence-electron chi connectivity index (χ4n) is 2.90. The molecule has 3 rings (SSSR count). The second-order valence-corrected chi connectivity index (χ2v) is 6.18. The molecule has 4 heteroatoms. The van der Waals surface area contributed by atoms with Crippen LogP contribution in [0.15, 0.2) is 84.9 Å². The van der Waals surface area contributed by atoms with Crippen LogP contribution in [0.25, 0.3) is 11.1 Å². The summed E-state index contributed by atoms with van der Waals surface area (Å²) < 4.78 is 5.85. The Morgan fingerprint density at radius 3 is 2.19 bits per heavy atom. The van der Waals surface area contributed by atoms with Crippen molar-refractivity contribution in [1.29, 1.82) is 0 Å². The Kier molecular flexibility index (Phi) is 6.61.